The van der Waals surface area contributed by atoms with Crippen LogP contribution in [-0.4, -0.2) is 17.4 Å². The maximum atomic E-state index is 10.9. The Kier molecular flexibility index (Phi) is 3.01. The lowest BCUT2D eigenvalue weighted by Crippen LogP contribution is -2.09. The summed E-state index contributed by atoms with van der Waals surface area (Å²) in [5.74, 6) is -0.722. The third kappa shape index (κ3) is 2.50. The van der Waals surface area contributed by atoms with Gasteiger partial charge in [0.05, 0.1) is 10.1 Å². The number of hydrogen-bond acceptors (Lipinski definition) is 2. The van der Waals surface area contributed by atoms with Crippen molar-refractivity contribution in [2.45, 2.75) is 6.92 Å². The average Bonchev–Trinajstić information content (AvgIpc) is 1.96. The van der Waals surface area contributed by atoms with Gasteiger partial charge in [-0.25, -0.2) is 4.99 Å². The minimum atomic E-state index is -0.414. The van der Waals surface area contributed by atoms with E-state index in [1.54, 1.807) is 0 Å². The Labute approximate surface area is 84.7 Å². The molecule has 0 radical (unpaired) electrons. The van der Waals surface area contributed by atoms with Crippen molar-refractivity contribution in [3.05, 3.63) is 22.2 Å². The van der Waals surface area contributed by atoms with Crippen molar-refractivity contribution < 1.29 is 9.59 Å². The second kappa shape index (κ2) is 3.85. The minimum Gasteiger partial charge on any atom is -0.290 e. The summed E-state index contributed by atoms with van der Waals surface area (Å²) in [6.07, 6.45) is 2.32. The van der Waals surface area contributed by atoms with E-state index in [9.17, 15) is 9.59 Å². The first-order valence-electron chi connectivity index (χ1n) is 3.39. The number of halogens is 2. The Morgan fingerprint density at radius 1 is 1.31 bits per heavy atom. The summed E-state index contributed by atoms with van der Waals surface area (Å²) in [5, 5.41) is 0.181. The maximum Gasteiger partial charge on any atom is 0.243 e. The Balaban J connectivity index is 3.12. The molecule has 0 spiro atoms. The highest BCUT2D eigenvalue weighted by Crippen LogP contribution is 2.20. The summed E-state index contributed by atoms with van der Waals surface area (Å²) in [6, 6.07) is 0. The average molecular weight is 218 g/mol. The number of ketones is 1. The monoisotopic (exact) mass is 217 g/mol. The zero-order chi connectivity index (χ0) is 10.0. The molecule has 0 bridgehead atoms. The number of rotatable bonds is 0. The molecule has 68 valence electrons. The smallest absolute Gasteiger partial charge is 0.243 e. The second-order valence-electron chi connectivity index (χ2n) is 2.37. The van der Waals surface area contributed by atoms with Gasteiger partial charge in [0, 0.05) is 19.1 Å². The molecule has 1 aliphatic carbocycles. The van der Waals surface area contributed by atoms with Gasteiger partial charge in [-0.2, -0.15) is 0 Å². The number of carbonyl (C=O) groups is 2. The molecule has 1 rings (SSSR count). The predicted octanol–water partition coefficient (Wildman–Crippen LogP) is 1.80. The third-order valence-electron chi connectivity index (χ3n) is 1.26. The first kappa shape index (κ1) is 10.2. The Bertz CT molecular complexity index is 342. The lowest BCUT2D eigenvalue weighted by molar-refractivity contribution is -0.115. The van der Waals surface area contributed by atoms with Gasteiger partial charge in [0.1, 0.15) is 5.71 Å². The number of aliphatic imine (C=N–C) groups is 1. The Hall–Kier alpha value is -0.930. The van der Waals surface area contributed by atoms with E-state index >= 15 is 0 Å². The summed E-state index contributed by atoms with van der Waals surface area (Å²) >= 11 is 11.3. The quantitative estimate of drug-likeness (QED) is 0.582. The molecule has 0 heterocycles. The van der Waals surface area contributed by atoms with Crippen molar-refractivity contribution in [3.8, 4) is 0 Å². The molecular weight excluding hydrogens is 213 g/mol. The van der Waals surface area contributed by atoms with Gasteiger partial charge >= 0.3 is 0 Å². The van der Waals surface area contributed by atoms with Crippen molar-refractivity contribution in [1.82, 2.24) is 0 Å². The zero-order valence-electron chi connectivity index (χ0n) is 6.67. The van der Waals surface area contributed by atoms with Crippen LogP contribution in [0, 0.1) is 0 Å². The molecule has 0 unspecified atom stereocenters. The van der Waals surface area contributed by atoms with Crippen LogP contribution in [0.15, 0.2) is 27.2 Å². The van der Waals surface area contributed by atoms with Gasteiger partial charge in [0.2, 0.25) is 5.91 Å². The molecule has 13 heavy (non-hydrogen) atoms. The van der Waals surface area contributed by atoms with Crippen LogP contribution in [0.5, 0.6) is 0 Å². The maximum absolute atomic E-state index is 10.9. The lowest BCUT2D eigenvalue weighted by atomic mass is 10.1. The van der Waals surface area contributed by atoms with Crippen LogP contribution in [-0.2, 0) is 9.59 Å². The third-order valence-corrected chi connectivity index (χ3v) is 1.84. The minimum absolute atomic E-state index is 0.0905. The molecule has 3 nitrogen and oxygen atoms in total. The normalized spacial score (nSPS) is 16.5. The fourth-order valence-electron chi connectivity index (χ4n) is 0.807. The Morgan fingerprint density at radius 3 is 2.15 bits per heavy atom. The van der Waals surface area contributed by atoms with Crippen LogP contribution in [0.1, 0.15) is 6.92 Å². The molecular formula is C8H5Cl2NO2. The molecule has 0 saturated carbocycles. The molecule has 5 heteroatoms. The highest BCUT2D eigenvalue weighted by atomic mass is 35.5. The van der Waals surface area contributed by atoms with Crippen LogP contribution in [0.25, 0.3) is 0 Å². The van der Waals surface area contributed by atoms with Gasteiger partial charge in [-0.3, -0.25) is 9.59 Å². The molecule has 0 aromatic carbocycles. The highest BCUT2D eigenvalue weighted by molar-refractivity contribution is 6.59. The van der Waals surface area contributed by atoms with E-state index in [1.807, 2.05) is 0 Å². The fraction of sp³-hybridized carbons (Fsp3) is 0.125. The predicted molar refractivity (Wildman–Crippen MR) is 51.0 cm³/mol. The van der Waals surface area contributed by atoms with Gasteiger partial charge in [0.25, 0.3) is 0 Å². The number of nitrogens with zero attached hydrogens (tertiary/aromatic N) is 1. The van der Waals surface area contributed by atoms with Gasteiger partial charge in [-0.15, -0.1) is 0 Å². The van der Waals surface area contributed by atoms with E-state index in [1.165, 1.54) is 6.92 Å². The van der Waals surface area contributed by atoms with Crippen LogP contribution in [0.4, 0.5) is 0 Å². The van der Waals surface area contributed by atoms with Gasteiger partial charge in [-0.1, -0.05) is 23.2 Å². The molecule has 1 aliphatic rings. The number of amides is 1. The standard InChI is InChI=1S/C8H5Cl2NO2/c1-4(12)11-8-6(9)2-5(13)3-7(8)10/h2-3H,1H3. The van der Waals surface area contributed by atoms with E-state index in [0.717, 1.165) is 12.2 Å². The van der Waals surface area contributed by atoms with Crippen molar-refractivity contribution in [3.63, 3.8) is 0 Å². The first-order chi connectivity index (χ1) is 6.00. The van der Waals surface area contributed by atoms with Crippen molar-refractivity contribution >= 4 is 40.6 Å². The van der Waals surface area contributed by atoms with Crippen LogP contribution in [0.3, 0.4) is 0 Å². The second-order valence-corrected chi connectivity index (χ2v) is 3.18. The topological polar surface area (TPSA) is 46.5 Å². The number of carbonyl (C=O) groups excluding carboxylic acids is 2. The summed E-state index contributed by atoms with van der Waals surface area (Å²) in [6.45, 7) is 1.28. The number of hydrogen-bond donors (Lipinski definition) is 0. The summed E-state index contributed by atoms with van der Waals surface area (Å²) in [7, 11) is 0. The molecule has 0 fully saturated rings. The van der Waals surface area contributed by atoms with Gasteiger partial charge < -0.3 is 0 Å². The van der Waals surface area contributed by atoms with Gasteiger partial charge in [0.15, 0.2) is 5.78 Å². The largest absolute Gasteiger partial charge is 0.290 e. The van der Waals surface area contributed by atoms with E-state index in [4.69, 9.17) is 23.2 Å². The van der Waals surface area contributed by atoms with Crippen LogP contribution < -0.4 is 0 Å². The van der Waals surface area contributed by atoms with Crippen molar-refractivity contribution in [1.29, 1.82) is 0 Å². The van der Waals surface area contributed by atoms with Crippen LogP contribution in [0.2, 0.25) is 0 Å². The Morgan fingerprint density at radius 2 is 1.77 bits per heavy atom. The van der Waals surface area contributed by atoms with Crippen LogP contribution >= 0.6 is 23.2 Å². The van der Waals surface area contributed by atoms with Crippen molar-refractivity contribution in [2.24, 2.45) is 4.99 Å². The molecule has 0 N–H and O–H groups in total. The molecule has 0 aromatic rings. The summed E-state index contributed by atoms with van der Waals surface area (Å²) < 4.78 is 0. The van der Waals surface area contributed by atoms with E-state index in [0.29, 0.717) is 0 Å². The first-order valence-corrected chi connectivity index (χ1v) is 4.14. The zero-order valence-corrected chi connectivity index (χ0v) is 8.19. The van der Waals surface area contributed by atoms with E-state index in [2.05, 4.69) is 4.99 Å². The summed E-state index contributed by atoms with van der Waals surface area (Å²) in [4.78, 5) is 25.1. The fourth-order valence-corrected chi connectivity index (χ4v) is 1.36. The molecule has 0 aromatic heterocycles. The van der Waals surface area contributed by atoms with E-state index < -0.39 is 5.91 Å². The summed E-state index contributed by atoms with van der Waals surface area (Å²) in [5.41, 5.74) is 0.149. The molecule has 0 aliphatic heterocycles. The highest BCUT2D eigenvalue weighted by Gasteiger charge is 2.17. The number of allylic oxidation sites excluding steroid dienone is 4. The SMILES string of the molecule is CC(=O)N=C1C(Cl)=CC(=O)C=C1Cl. The molecule has 0 atom stereocenters. The lowest BCUT2D eigenvalue weighted by Gasteiger charge is -2.06. The van der Waals surface area contributed by atoms with Crippen molar-refractivity contribution in [2.75, 3.05) is 0 Å². The van der Waals surface area contributed by atoms with Gasteiger partial charge in [-0.05, 0) is 0 Å². The molecule has 0 saturated heterocycles. The van der Waals surface area contributed by atoms with E-state index in [-0.39, 0.29) is 21.6 Å². The molecule has 1 amide bonds.